The lowest BCUT2D eigenvalue weighted by molar-refractivity contribution is -0.133. The van der Waals surface area contributed by atoms with Gasteiger partial charge in [-0.15, -0.1) is 0 Å². The van der Waals surface area contributed by atoms with Crippen LogP contribution in [0.3, 0.4) is 0 Å². The van der Waals surface area contributed by atoms with Gasteiger partial charge in [0.05, 0.1) is 12.2 Å². The van der Waals surface area contributed by atoms with Crippen LogP contribution in [-0.2, 0) is 14.3 Å². The first-order valence-electron chi connectivity index (χ1n) is 3.25. The molecule has 0 rings (SSSR count). The Morgan fingerprint density at radius 3 is 2.64 bits per heavy atom. The Bertz CT molecular complexity index is 141. The van der Waals surface area contributed by atoms with Crippen LogP contribution < -0.4 is 0 Å². The number of aliphatic carboxylic acids is 1. The Morgan fingerprint density at radius 2 is 2.18 bits per heavy atom. The lowest BCUT2D eigenvalue weighted by atomic mass is 10.3. The molecule has 0 aromatic heterocycles. The second kappa shape index (κ2) is 5.88. The zero-order valence-corrected chi connectivity index (χ0v) is 6.50. The summed E-state index contributed by atoms with van der Waals surface area (Å²) in [4.78, 5) is 10.1. The average Bonchev–Trinajstić information content (AvgIpc) is 1.97. The summed E-state index contributed by atoms with van der Waals surface area (Å²) in [6.07, 6.45) is 0. The van der Waals surface area contributed by atoms with Crippen molar-refractivity contribution in [1.82, 2.24) is 0 Å². The molecule has 0 fully saturated rings. The van der Waals surface area contributed by atoms with E-state index in [-0.39, 0.29) is 19.0 Å². The van der Waals surface area contributed by atoms with E-state index in [9.17, 15) is 4.79 Å². The highest BCUT2D eigenvalue weighted by Gasteiger charge is 2.02. The molecule has 11 heavy (non-hydrogen) atoms. The Hall–Kier alpha value is -0.870. The van der Waals surface area contributed by atoms with Gasteiger partial charge >= 0.3 is 5.97 Å². The molecule has 0 aliphatic heterocycles. The number of carboxylic acid groups (broad SMARTS) is 1. The fraction of sp³-hybridized carbons (Fsp3) is 0.571. The standard InChI is InChI=1S/C7H12O4/c1-3-10-5-11-4-6(2)7(8)9/h2-5H2,1H3,(H,8,9). The van der Waals surface area contributed by atoms with Gasteiger partial charge in [0, 0.05) is 6.61 Å². The number of carboxylic acids is 1. The van der Waals surface area contributed by atoms with Crippen molar-refractivity contribution in [2.45, 2.75) is 6.92 Å². The monoisotopic (exact) mass is 160 g/mol. The zero-order chi connectivity index (χ0) is 8.69. The summed E-state index contributed by atoms with van der Waals surface area (Å²) in [6, 6.07) is 0. The molecule has 0 aromatic carbocycles. The summed E-state index contributed by atoms with van der Waals surface area (Å²) in [5, 5.41) is 8.32. The SMILES string of the molecule is C=C(COCOCC)C(=O)O. The van der Waals surface area contributed by atoms with Crippen molar-refractivity contribution in [2.24, 2.45) is 0 Å². The summed E-state index contributed by atoms with van der Waals surface area (Å²) >= 11 is 0. The van der Waals surface area contributed by atoms with Crippen LogP contribution in [0.25, 0.3) is 0 Å². The van der Waals surface area contributed by atoms with E-state index in [0.717, 1.165) is 0 Å². The van der Waals surface area contributed by atoms with E-state index in [1.165, 1.54) is 0 Å². The van der Waals surface area contributed by atoms with E-state index in [1.54, 1.807) is 0 Å². The fourth-order valence-corrected chi connectivity index (χ4v) is 0.369. The maximum Gasteiger partial charge on any atom is 0.333 e. The van der Waals surface area contributed by atoms with Gasteiger partial charge in [0.15, 0.2) is 0 Å². The van der Waals surface area contributed by atoms with Crippen LogP contribution in [0.5, 0.6) is 0 Å². The van der Waals surface area contributed by atoms with Gasteiger partial charge < -0.3 is 14.6 Å². The van der Waals surface area contributed by atoms with E-state index < -0.39 is 5.97 Å². The van der Waals surface area contributed by atoms with Crippen LogP contribution in [0, 0.1) is 0 Å². The summed E-state index contributed by atoms with van der Waals surface area (Å²) in [7, 11) is 0. The van der Waals surface area contributed by atoms with Crippen LogP contribution in [-0.4, -0.2) is 31.1 Å². The van der Waals surface area contributed by atoms with Gasteiger partial charge in [-0.05, 0) is 6.92 Å². The van der Waals surface area contributed by atoms with Crippen LogP contribution >= 0.6 is 0 Å². The number of hydrogen-bond donors (Lipinski definition) is 1. The number of rotatable bonds is 6. The normalized spacial score (nSPS) is 9.55. The molecule has 0 aromatic rings. The molecule has 1 N–H and O–H groups in total. The second-order valence-corrected chi connectivity index (χ2v) is 1.87. The molecule has 0 radical (unpaired) electrons. The maximum absolute atomic E-state index is 10.1. The molecular formula is C7H12O4. The van der Waals surface area contributed by atoms with Crippen molar-refractivity contribution in [1.29, 1.82) is 0 Å². The molecule has 0 aliphatic carbocycles. The van der Waals surface area contributed by atoms with Crippen LogP contribution in [0.15, 0.2) is 12.2 Å². The minimum Gasteiger partial charge on any atom is -0.478 e. The predicted molar refractivity (Wildman–Crippen MR) is 39.2 cm³/mol. The lowest BCUT2D eigenvalue weighted by Crippen LogP contribution is -2.08. The molecule has 0 heterocycles. The first kappa shape index (κ1) is 10.1. The average molecular weight is 160 g/mol. The van der Waals surface area contributed by atoms with Gasteiger partial charge in [0.1, 0.15) is 6.79 Å². The molecular weight excluding hydrogens is 148 g/mol. The first-order chi connectivity index (χ1) is 5.18. The summed E-state index contributed by atoms with van der Waals surface area (Å²) in [5.74, 6) is -1.04. The van der Waals surface area contributed by atoms with Crippen LogP contribution in [0.1, 0.15) is 6.92 Å². The first-order valence-corrected chi connectivity index (χ1v) is 3.25. The molecule has 0 saturated heterocycles. The molecule has 0 unspecified atom stereocenters. The Kier molecular flexibility index (Phi) is 5.42. The third kappa shape index (κ3) is 5.57. The van der Waals surface area contributed by atoms with E-state index in [4.69, 9.17) is 14.6 Å². The molecule has 0 aliphatic rings. The van der Waals surface area contributed by atoms with Gasteiger partial charge in [-0.3, -0.25) is 0 Å². The van der Waals surface area contributed by atoms with Gasteiger partial charge in [0.25, 0.3) is 0 Å². The van der Waals surface area contributed by atoms with Crippen molar-refractivity contribution in [3.63, 3.8) is 0 Å². The molecule has 0 atom stereocenters. The van der Waals surface area contributed by atoms with Crippen molar-refractivity contribution < 1.29 is 19.4 Å². The minimum absolute atomic E-state index is 0.00926. The third-order valence-corrected chi connectivity index (χ3v) is 0.950. The predicted octanol–water partition coefficient (Wildman–Crippen LogP) is 0.638. The summed E-state index contributed by atoms with van der Waals surface area (Å²) < 4.78 is 9.60. The topological polar surface area (TPSA) is 55.8 Å². The molecule has 0 bridgehead atoms. The van der Waals surface area contributed by atoms with E-state index in [0.29, 0.717) is 6.61 Å². The quantitative estimate of drug-likeness (QED) is 0.352. The lowest BCUT2D eigenvalue weighted by Gasteiger charge is -2.02. The molecule has 64 valence electrons. The van der Waals surface area contributed by atoms with Crippen LogP contribution in [0.2, 0.25) is 0 Å². The highest BCUT2D eigenvalue weighted by Crippen LogP contribution is 1.90. The van der Waals surface area contributed by atoms with Crippen molar-refractivity contribution in [3.8, 4) is 0 Å². The number of carbonyl (C=O) groups is 1. The van der Waals surface area contributed by atoms with E-state index in [2.05, 4.69) is 6.58 Å². The molecule has 0 amide bonds. The summed E-state index contributed by atoms with van der Waals surface area (Å²) in [6.45, 7) is 5.78. The number of hydrogen-bond acceptors (Lipinski definition) is 3. The molecule has 0 spiro atoms. The van der Waals surface area contributed by atoms with Gasteiger partial charge in [-0.2, -0.15) is 0 Å². The van der Waals surface area contributed by atoms with Crippen LogP contribution in [0.4, 0.5) is 0 Å². The second-order valence-electron chi connectivity index (χ2n) is 1.87. The van der Waals surface area contributed by atoms with Crippen molar-refractivity contribution in [3.05, 3.63) is 12.2 Å². The fourth-order valence-electron chi connectivity index (χ4n) is 0.369. The Morgan fingerprint density at radius 1 is 1.55 bits per heavy atom. The minimum atomic E-state index is -1.04. The molecule has 4 heteroatoms. The van der Waals surface area contributed by atoms with Gasteiger partial charge in [-0.1, -0.05) is 6.58 Å². The highest BCUT2D eigenvalue weighted by molar-refractivity contribution is 5.85. The highest BCUT2D eigenvalue weighted by atomic mass is 16.7. The van der Waals surface area contributed by atoms with Crippen molar-refractivity contribution >= 4 is 5.97 Å². The van der Waals surface area contributed by atoms with Gasteiger partial charge in [-0.25, -0.2) is 4.79 Å². The Labute approximate surface area is 65.4 Å². The van der Waals surface area contributed by atoms with Gasteiger partial charge in [0.2, 0.25) is 0 Å². The Balaban J connectivity index is 3.25. The van der Waals surface area contributed by atoms with E-state index >= 15 is 0 Å². The number of ether oxygens (including phenoxy) is 2. The van der Waals surface area contributed by atoms with Crippen molar-refractivity contribution in [2.75, 3.05) is 20.0 Å². The summed E-state index contributed by atoms with van der Waals surface area (Å²) in [5.41, 5.74) is 0.0321. The molecule has 0 saturated carbocycles. The smallest absolute Gasteiger partial charge is 0.333 e. The third-order valence-electron chi connectivity index (χ3n) is 0.950. The largest absolute Gasteiger partial charge is 0.478 e. The zero-order valence-electron chi connectivity index (χ0n) is 6.50. The van der Waals surface area contributed by atoms with E-state index in [1.807, 2.05) is 6.92 Å². The maximum atomic E-state index is 10.1. The molecule has 4 nitrogen and oxygen atoms in total.